The Hall–Kier alpha value is -1.49. The SMILES string of the molecule is Cc1nc(CNc2cc(C(C)C)ncn2)sc1C. The van der Waals surface area contributed by atoms with E-state index in [0.29, 0.717) is 12.5 Å². The summed E-state index contributed by atoms with van der Waals surface area (Å²) in [5.74, 6) is 1.28. The number of nitrogens with zero attached hydrogens (tertiary/aromatic N) is 3. The van der Waals surface area contributed by atoms with Gasteiger partial charge in [-0.2, -0.15) is 0 Å². The molecule has 5 heteroatoms. The molecule has 0 saturated heterocycles. The number of thiazole rings is 1. The molecule has 0 bridgehead atoms. The van der Waals surface area contributed by atoms with Crippen LogP contribution in [0.15, 0.2) is 12.4 Å². The van der Waals surface area contributed by atoms with Gasteiger partial charge in [-0.05, 0) is 19.8 Å². The minimum Gasteiger partial charge on any atom is -0.363 e. The molecular weight excluding hydrogens is 244 g/mol. The molecule has 0 atom stereocenters. The molecule has 1 N–H and O–H groups in total. The van der Waals surface area contributed by atoms with E-state index in [2.05, 4.69) is 41.0 Å². The van der Waals surface area contributed by atoms with Gasteiger partial charge in [-0.1, -0.05) is 13.8 Å². The van der Waals surface area contributed by atoms with Crippen LogP contribution >= 0.6 is 11.3 Å². The van der Waals surface area contributed by atoms with Crippen molar-refractivity contribution in [3.8, 4) is 0 Å². The molecule has 0 saturated carbocycles. The lowest BCUT2D eigenvalue weighted by atomic mass is 10.1. The van der Waals surface area contributed by atoms with Crippen molar-refractivity contribution in [1.82, 2.24) is 15.0 Å². The van der Waals surface area contributed by atoms with E-state index in [0.717, 1.165) is 22.2 Å². The molecule has 0 radical (unpaired) electrons. The Morgan fingerprint density at radius 1 is 1.28 bits per heavy atom. The average Bonchev–Trinajstić information content (AvgIpc) is 2.67. The molecular formula is C13H18N4S. The highest BCUT2D eigenvalue weighted by atomic mass is 32.1. The van der Waals surface area contributed by atoms with Gasteiger partial charge in [0, 0.05) is 16.6 Å². The zero-order valence-electron chi connectivity index (χ0n) is 11.2. The van der Waals surface area contributed by atoms with Crippen molar-refractivity contribution in [2.24, 2.45) is 0 Å². The lowest BCUT2D eigenvalue weighted by Gasteiger charge is -2.07. The van der Waals surface area contributed by atoms with Crippen LogP contribution in [-0.2, 0) is 6.54 Å². The molecule has 0 aromatic carbocycles. The Morgan fingerprint density at radius 2 is 2.06 bits per heavy atom. The van der Waals surface area contributed by atoms with Crippen LogP contribution in [0.5, 0.6) is 0 Å². The van der Waals surface area contributed by atoms with Crippen LogP contribution in [0.1, 0.15) is 41.0 Å². The van der Waals surface area contributed by atoms with Crippen molar-refractivity contribution in [3.05, 3.63) is 33.7 Å². The monoisotopic (exact) mass is 262 g/mol. The van der Waals surface area contributed by atoms with E-state index in [4.69, 9.17) is 0 Å². The number of hydrogen-bond acceptors (Lipinski definition) is 5. The van der Waals surface area contributed by atoms with Crippen molar-refractivity contribution in [2.75, 3.05) is 5.32 Å². The minimum atomic E-state index is 0.415. The topological polar surface area (TPSA) is 50.7 Å². The molecule has 2 aromatic heterocycles. The number of aromatic nitrogens is 3. The van der Waals surface area contributed by atoms with Crippen LogP contribution in [0, 0.1) is 13.8 Å². The van der Waals surface area contributed by atoms with Gasteiger partial charge in [-0.25, -0.2) is 15.0 Å². The number of nitrogens with one attached hydrogen (secondary N) is 1. The molecule has 0 aliphatic rings. The van der Waals surface area contributed by atoms with E-state index >= 15 is 0 Å². The highest BCUT2D eigenvalue weighted by molar-refractivity contribution is 7.11. The molecule has 96 valence electrons. The third kappa shape index (κ3) is 3.04. The fraction of sp³-hybridized carbons (Fsp3) is 0.462. The molecule has 0 amide bonds. The maximum atomic E-state index is 4.50. The first-order valence-electron chi connectivity index (χ1n) is 6.05. The van der Waals surface area contributed by atoms with Crippen molar-refractivity contribution >= 4 is 17.2 Å². The lowest BCUT2D eigenvalue weighted by molar-refractivity contribution is 0.813. The molecule has 2 aromatic rings. The summed E-state index contributed by atoms with van der Waals surface area (Å²) in [5, 5.41) is 4.39. The van der Waals surface area contributed by atoms with E-state index in [1.807, 2.05) is 13.0 Å². The van der Waals surface area contributed by atoms with Gasteiger partial charge in [-0.15, -0.1) is 11.3 Å². The van der Waals surface area contributed by atoms with Gasteiger partial charge in [0.05, 0.1) is 12.2 Å². The lowest BCUT2D eigenvalue weighted by Crippen LogP contribution is -2.03. The van der Waals surface area contributed by atoms with E-state index < -0.39 is 0 Å². The Kier molecular flexibility index (Phi) is 3.91. The van der Waals surface area contributed by atoms with E-state index in [1.54, 1.807) is 17.7 Å². The van der Waals surface area contributed by atoms with E-state index in [9.17, 15) is 0 Å². The standard InChI is InChI=1S/C13H18N4S/c1-8(2)11-5-12(16-7-15-11)14-6-13-17-9(3)10(4)18-13/h5,7-8H,6H2,1-4H3,(H,14,15,16). The summed E-state index contributed by atoms with van der Waals surface area (Å²) in [6.45, 7) is 9.10. The third-order valence-electron chi connectivity index (χ3n) is 2.77. The summed E-state index contributed by atoms with van der Waals surface area (Å²) in [4.78, 5) is 14.2. The van der Waals surface area contributed by atoms with Gasteiger partial charge in [0.1, 0.15) is 17.2 Å². The summed E-state index contributed by atoms with van der Waals surface area (Å²) in [5.41, 5.74) is 2.17. The molecule has 4 nitrogen and oxygen atoms in total. The average molecular weight is 262 g/mol. The van der Waals surface area contributed by atoms with Crippen molar-refractivity contribution in [1.29, 1.82) is 0 Å². The van der Waals surface area contributed by atoms with Gasteiger partial charge in [0.2, 0.25) is 0 Å². The van der Waals surface area contributed by atoms with Gasteiger partial charge >= 0.3 is 0 Å². The molecule has 2 rings (SSSR count). The number of anilines is 1. The number of hydrogen-bond donors (Lipinski definition) is 1. The highest BCUT2D eigenvalue weighted by Crippen LogP contribution is 2.18. The van der Waals surface area contributed by atoms with Crippen molar-refractivity contribution in [2.45, 2.75) is 40.2 Å². The van der Waals surface area contributed by atoms with Gasteiger partial charge in [-0.3, -0.25) is 0 Å². The zero-order valence-corrected chi connectivity index (χ0v) is 12.0. The van der Waals surface area contributed by atoms with Crippen molar-refractivity contribution < 1.29 is 0 Å². The Labute approximate surface area is 112 Å². The molecule has 0 fully saturated rings. The maximum Gasteiger partial charge on any atom is 0.129 e. The molecule has 0 spiro atoms. The second-order valence-corrected chi connectivity index (χ2v) is 5.87. The quantitative estimate of drug-likeness (QED) is 0.918. The zero-order chi connectivity index (χ0) is 13.1. The predicted molar refractivity (Wildman–Crippen MR) is 75.0 cm³/mol. The number of rotatable bonds is 4. The Morgan fingerprint density at radius 3 is 2.67 bits per heavy atom. The molecule has 0 unspecified atom stereocenters. The Bertz CT molecular complexity index is 514. The van der Waals surface area contributed by atoms with Gasteiger partial charge in [0.25, 0.3) is 0 Å². The second-order valence-electron chi connectivity index (χ2n) is 4.59. The van der Waals surface area contributed by atoms with Crippen LogP contribution in [0.4, 0.5) is 5.82 Å². The summed E-state index contributed by atoms with van der Waals surface area (Å²) in [6.07, 6.45) is 1.61. The van der Waals surface area contributed by atoms with Crippen LogP contribution < -0.4 is 5.32 Å². The summed E-state index contributed by atoms with van der Waals surface area (Å²) in [6, 6.07) is 2.00. The van der Waals surface area contributed by atoms with Crippen LogP contribution in [0.25, 0.3) is 0 Å². The first-order valence-corrected chi connectivity index (χ1v) is 6.86. The first-order chi connectivity index (χ1) is 8.56. The van der Waals surface area contributed by atoms with Crippen LogP contribution in [-0.4, -0.2) is 15.0 Å². The van der Waals surface area contributed by atoms with Crippen molar-refractivity contribution in [3.63, 3.8) is 0 Å². The minimum absolute atomic E-state index is 0.415. The summed E-state index contributed by atoms with van der Waals surface area (Å²) < 4.78 is 0. The highest BCUT2D eigenvalue weighted by Gasteiger charge is 2.05. The van der Waals surface area contributed by atoms with Gasteiger partial charge < -0.3 is 5.32 Å². The largest absolute Gasteiger partial charge is 0.363 e. The van der Waals surface area contributed by atoms with Crippen LogP contribution in [0.3, 0.4) is 0 Å². The van der Waals surface area contributed by atoms with E-state index in [-0.39, 0.29) is 0 Å². The molecule has 18 heavy (non-hydrogen) atoms. The fourth-order valence-electron chi connectivity index (χ4n) is 1.57. The smallest absolute Gasteiger partial charge is 0.129 e. The summed E-state index contributed by atoms with van der Waals surface area (Å²) >= 11 is 1.73. The first kappa shape index (κ1) is 13.0. The predicted octanol–water partition coefficient (Wildman–Crippen LogP) is 3.29. The molecule has 0 aliphatic carbocycles. The summed E-state index contributed by atoms with van der Waals surface area (Å²) in [7, 11) is 0. The van der Waals surface area contributed by atoms with Crippen LogP contribution in [0.2, 0.25) is 0 Å². The normalized spacial score (nSPS) is 10.9. The Balaban J connectivity index is 2.03. The number of aryl methyl sites for hydroxylation is 2. The molecule has 0 aliphatic heterocycles. The third-order valence-corrected chi connectivity index (χ3v) is 3.85. The fourth-order valence-corrected chi connectivity index (χ4v) is 2.44. The second kappa shape index (κ2) is 5.44. The van der Waals surface area contributed by atoms with Gasteiger partial charge in [0.15, 0.2) is 0 Å². The maximum absolute atomic E-state index is 4.50. The molecule has 2 heterocycles. The van der Waals surface area contributed by atoms with E-state index in [1.165, 1.54) is 4.88 Å².